The molecule has 0 unspecified atom stereocenters. The summed E-state index contributed by atoms with van der Waals surface area (Å²) < 4.78 is 9.34. The highest BCUT2D eigenvalue weighted by atomic mass is 16.5. The third-order valence-corrected chi connectivity index (χ3v) is 6.42. The fraction of sp³-hybridized carbons (Fsp3) is 0.154. The van der Waals surface area contributed by atoms with E-state index < -0.39 is 59.8 Å². The normalized spacial score (nSPS) is 17.1. The summed E-state index contributed by atoms with van der Waals surface area (Å²) in [5.74, 6) is -6.77. The van der Waals surface area contributed by atoms with E-state index in [1.165, 1.54) is 24.3 Å². The maximum Gasteiger partial charge on any atom is 0.329 e. The number of imide groups is 3. The standard InChI is InChI=1S/C26H17N3O10/c1-38-22(34)11-17(26(37)39-2)29-24(35)15-9-13(27-18(30)3-4-19(27)31)7-12-8-14(10-16(23(12)15)25(29)36)28-20(32)5-6-21(28)33/h3-10,17H,11H2,1-2H3/t17-/m0/s1. The van der Waals surface area contributed by atoms with Gasteiger partial charge in [0.25, 0.3) is 35.4 Å². The van der Waals surface area contributed by atoms with Gasteiger partial charge in [0.2, 0.25) is 0 Å². The highest BCUT2D eigenvalue weighted by Crippen LogP contribution is 2.39. The van der Waals surface area contributed by atoms with Crippen LogP contribution in [0.1, 0.15) is 27.1 Å². The van der Waals surface area contributed by atoms with Crippen molar-refractivity contribution < 1.29 is 47.8 Å². The molecule has 0 aliphatic carbocycles. The van der Waals surface area contributed by atoms with Gasteiger partial charge in [-0.3, -0.25) is 38.5 Å². The van der Waals surface area contributed by atoms with Crippen LogP contribution >= 0.6 is 0 Å². The van der Waals surface area contributed by atoms with Crippen LogP contribution in [-0.2, 0) is 38.2 Å². The Bertz CT molecular complexity index is 1500. The Morgan fingerprint density at radius 3 is 1.51 bits per heavy atom. The molecule has 3 aliphatic rings. The molecule has 0 fully saturated rings. The van der Waals surface area contributed by atoms with Gasteiger partial charge in [-0.2, -0.15) is 0 Å². The molecular formula is C26H17N3O10. The Morgan fingerprint density at radius 2 is 1.13 bits per heavy atom. The van der Waals surface area contributed by atoms with E-state index in [1.54, 1.807) is 0 Å². The SMILES string of the molecule is COC(=O)C[C@@H](C(=O)OC)N1C(=O)c2cc(N3C(=O)C=CC3=O)cc3cc(N4C(=O)C=CC4=O)cc(c23)C1=O. The van der Waals surface area contributed by atoms with E-state index in [-0.39, 0.29) is 33.3 Å². The van der Waals surface area contributed by atoms with Gasteiger partial charge in [-0.1, -0.05) is 0 Å². The molecule has 0 radical (unpaired) electrons. The van der Waals surface area contributed by atoms with Crippen LogP contribution in [0.15, 0.2) is 48.6 Å². The van der Waals surface area contributed by atoms with Crippen molar-refractivity contribution in [3.05, 3.63) is 59.7 Å². The number of hydrogen-bond donors (Lipinski definition) is 0. The number of benzene rings is 2. The second-order valence-corrected chi connectivity index (χ2v) is 8.57. The summed E-state index contributed by atoms with van der Waals surface area (Å²) in [5.41, 5.74) is -0.426. The molecule has 3 heterocycles. The summed E-state index contributed by atoms with van der Waals surface area (Å²) in [5, 5.41) is 0.244. The van der Waals surface area contributed by atoms with Crippen molar-refractivity contribution in [3.8, 4) is 0 Å². The average Bonchev–Trinajstić information content (AvgIpc) is 3.44. The first-order chi connectivity index (χ1) is 18.6. The molecule has 0 spiro atoms. The molecule has 2 aromatic rings. The molecule has 0 saturated heterocycles. The van der Waals surface area contributed by atoms with E-state index >= 15 is 0 Å². The predicted molar refractivity (Wildman–Crippen MR) is 130 cm³/mol. The molecule has 5 rings (SSSR count). The van der Waals surface area contributed by atoms with Crippen molar-refractivity contribution in [2.75, 3.05) is 24.0 Å². The van der Waals surface area contributed by atoms with Crippen molar-refractivity contribution in [3.63, 3.8) is 0 Å². The summed E-state index contributed by atoms with van der Waals surface area (Å²) in [6.07, 6.45) is 3.42. The van der Waals surface area contributed by atoms with Crippen molar-refractivity contribution in [2.45, 2.75) is 12.5 Å². The smallest absolute Gasteiger partial charge is 0.329 e. The van der Waals surface area contributed by atoms with Crippen LogP contribution in [0.5, 0.6) is 0 Å². The number of anilines is 2. The number of rotatable bonds is 6. The van der Waals surface area contributed by atoms with Crippen LogP contribution in [0.4, 0.5) is 11.4 Å². The maximum absolute atomic E-state index is 13.7. The van der Waals surface area contributed by atoms with Crippen LogP contribution in [0.25, 0.3) is 10.8 Å². The third-order valence-electron chi connectivity index (χ3n) is 6.42. The third kappa shape index (κ3) is 3.87. The molecule has 0 N–H and O–H groups in total. The molecule has 0 aromatic heterocycles. The lowest BCUT2D eigenvalue weighted by molar-refractivity contribution is -0.151. The van der Waals surface area contributed by atoms with Crippen LogP contribution in [0, 0.1) is 0 Å². The number of nitrogens with zero attached hydrogens (tertiary/aromatic N) is 3. The Balaban J connectivity index is 1.77. The number of hydrogen-bond acceptors (Lipinski definition) is 10. The summed E-state index contributed by atoms with van der Waals surface area (Å²) in [6.45, 7) is 0. The van der Waals surface area contributed by atoms with Crippen molar-refractivity contribution in [1.29, 1.82) is 0 Å². The minimum atomic E-state index is -1.73. The Morgan fingerprint density at radius 1 is 0.692 bits per heavy atom. The lowest BCUT2D eigenvalue weighted by Crippen LogP contribution is -2.52. The van der Waals surface area contributed by atoms with Gasteiger partial charge in [0.15, 0.2) is 0 Å². The molecule has 2 aromatic carbocycles. The highest BCUT2D eigenvalue weighted by molar-refractivity contribution is 6.33. The topological polar surface area (TPSA) is 165 Å². The summed E-state index contributed by atoms with van der Waals surface area (Å²) in [7, 11) is 2.06. The molecule has 0 bridgehead atoms. The van der Waals surface area contributed by atoms with Crippen LogP contribution in [0.2, 0.25) is 0 Å². The van der Waals surface area contributed by atoms with Gasteiger partial charge in [-0.25, -0.2) is 14.6 Å². The van der Waals surface area contributed by atoms with Gasteiger partial charge in [-0.05, 0) is 29.7 Å². The molecule has 196 valence electrons. The molecule has 39 heavy (non-hydrogen) atoms. The van der Waals surface area contributed by atoms with Gasteiger partial charge < -0.3 is 9.47 Å². The molecule has 13 nitrogen and oxygen atoms in total. The molecule has 1 atom stereocenters. The number of carbonyl (C=O) groups is 8. The fourth-order valence-corrected chi connectivity index (χ4v) is 4.68. The quantitative estimate of drug-likeness (QED) is 0.376. The zero-order chi connectivity index (χ0) is 28.2. The summed E-state index contributed by atoms with van der Waals surface area (Å²) in [6, 6.07) is 3.39. The monoisotopic (exact) mass is 531 g/mol. The van der Waals surface area contributed by atoms with Gasteiger partial charge in [0.05, 0.1) is 43.1 Å². The number of carbonyl (C=O) groups excluding carboxylic acids is 8. The van der Waals surface area contributed by atoms with Gasteiger partial charge in [0, 0.05) is 29.7 Å². The first kappa shape index (κ1) is 25.2. The van der Waals surface area contributed by atoms with E-state index in [0.717, 1.165) is 48.3 Å². The van der Waals surface area contributed by atoms with E-state index in [2.05, 4.69) is 4.74 Å². The number of methoxy groups -OCH3 is 2. The summed E-state index contributed by atoms with van der Waals surface area (Å²) >= 11 is 0. The van der Waals surface area contributed by atoms with E-state index in [4.69, 9.17) is 4.74 Å². The maximum atomic E-state index is 13.7. The van der Waals surface area contributed by atoms with Crippen LogP contribution in [0.3, 0.4) is 0 Å². The minimum Gasteiger partial charge on any atom is -0.469 e. The van der Waals surface area contributed by atoms with Crippen LogP contribution < -0.4 is 9.80 Å². The number of esters is 2. The highest BCUT2D eigenvalue weighted by Gasteiger charge is 2.44. The second kappa shape index (κ2) is 9.13. The Labute approximate surface area is 218 Å². The second-order valence-electron chi connectivity index (χ2n) is 8.57. The van der Waals surface area contributed by atoms with Gasteiger partial charge in [-0.15, -0.1) is 0 Å². The Kier molecular flexibility index (Phi) is 5.90. The first-order valence-corrected chi connectivity index (χ1v) is 11.3. The Hall–Kier alpha value is -5.46. The molecule has 3 aliphatic heterocycles. The molecular weight excluding hydrogens is 514 g/mol. The van der Waals surface area contributed by atoms with Crippen molar-refractivity contribution >= 4 is 69.5 Å². The summed E-state index contributed by atoms with van der Waals surface area (Å²) in [4.78, 5) is 104. The largest absolute Gasteiger partial charge is 0.469 e. The van der Waals surface area contributed by atoms with Gasteiger partial charge in [0.1, 0.15) is 6.04 Å². The average molecular weight is 531 g/mol. The van der Waals surface area contributed by atoms with Crippen LogP contribution in [-0.4, -0.2) is 72.5 Å². The lowest BCUT2D eigenvalue weighted by atomic mass is 9.91. The van der Waals surface area contributed by atoms with E-state index in [1.807, 2.05) is 0 Å². The van der Waals surface area contributed by atoms with Gasteiger partial charge >= 0.3 is 11.9 Å². The van der Waals surface area contributed by atoms with E-state index in [9.17, 15) is 38.4 Å². The van der Waals surface area contributed by atoms with E-state index in [0.29, 0.717) is 4.90 Å². The zero-order valence-corrected chi connectivity index (χ0v) is 20.3. The fourth-order valence-electron chi connectivity index (χ4n) is 4.68. The lowest BCUT2D eigenvalue weighted by Gasteiger charge is -2.33. The van der Waals surface area contributed by atoms with Crippen molar-refractivity contribution in [2.24, 2.45) is 0 Å². The molecule has 0 saturated carbocycles. The predicted octanol–water partition coefficient (Wildman–Crippen LogP) is 0.399. The molecule has 6 amide bonds. The number of ether oxygens (including phenoxy) is 2. The zero-order valence-electron chi connectivity index (χ0n) is 20.3. The van der Waals surface area contributed by atoms with Crippen molar-refractivity contribution in [1.82, 2.24) is 4.90 Å². The molecule has 13 heteroatoms. The first-order valence-electron chi connectivity index (χ1n) is 11.3. The minimum absolute atomic E-state index is 0.0389. The number of amides is 6.